The lowest BCUT2D eigenvalue weighted by atomic mass is 9.81. The molecular weight excluding hydrogens is 374 g/mol. The summed E-state index contributed by atoms with van der Waals surface area (Å²) in [6.45, 7) is 6.47. The Kier molecular flexibility index (Phi) is 5.41. The number of likely N-dealkylation sites (tertiary alicyclic amines) is 1. The third kappa shape index (κ3) is 3.92. The Bertz CT molecular complexity index is 861. The fraction of sp³-hybridized carbons (Fsp3) is 0.478. The number of ether oxygens (including phenoxy) is 1. The van der Waals surface area contributed by atoms with Crippen molar-refractivity contribution >= 4 is 11.6 Å². The number of aryl methyl sites for hydroxylation is 2. The van der Waals surface area contributed by atoms with E-state index in [1.807, 2.05) is 12.1 Å². The molecule has 2 aromatic carbocycles. The molecule has 5 heteroatoms. The highest BCUT2D eigenvalue weighted by molar-refractivity contribution is 6.30. The molecule has 0 saturated carbocycles. The molecule has 0 aromatic heterocycles. The van der Waals surface area contributed by atoms with Crippen LogP contribution in [-0.2, 0) is 0 Å². The quantitative estimate of drug-likeness (QED) is 0.803. The molecule has 0 unspecified atom stereocenters. The summed E-state index contributed by atoms with van der Waals surface area (Å²) in [5.74, 6) is 0.742. The number of rotatable bonds is 3. The first-order valence-corrected chi connectivity index (χ1v) is 10.4. The Morgan fingerprint density at radius 3 is 2.61 bits per heavy atom. The molecule has 2 aliphatic rings. The van der Waals surface area contributed by atoms with Gasteiger partial charge in [0.2, 0.25) is 0 Å². The number of piperidine rings is 1. The van der Waals surface area contributed by atoms with Crippen LogP contribution in [0.1, 0.15) is 53.7 Å². The van der Waals surface area contributed by atoms with Crippen LogP contribution in [0.2, 0.25) is 5.02 Å². The molecule has 150 valence electrons. The molecule has 0 bridgehead atoms. The predicted octanol–water partition coefficient (Wildman–Crippen LogP) is 4.34. The Balaban J connectivity index is 1.39. The number of hydrogen-bond acceptors (Lipinski definition) is 4. The first-order chi connectivity index (χ1) is 13.3. The molecule has 1 fully saturated rings. The number of fused-ring (bicyclic) bond motifs is 1. The minimum Gasteiger partial charge on any atom is -0.487 e. The summed E-state index contributed by atoms with van der Waals surface area (Å²) in [7, 11) is 0. The standard InChI is InChI=1S/C23H28ClNO3/c1-15-3-4-17(11-16(15)2)21(27)14-25-9-7-23(8-10-25)13-20(26)19-12-18(24)5-6-22(19)28-23/h3-6,11-12,20-21,26-27H,7-10,13-14H2,1-2H3/t20-,21+/m1/s1. The van der Waals surface area contributed by atoms with Crippen molar-refractivity contribution in [1.82, 2.24) is 4.90 Å². The van der Waals surface area contributed by atoms with Gasteiger partial charge in [-0.05, 0) is 61.6 Å². The maximum Gasteiger partial charge on any atom is 0.126 e. The van der Waals surface area contributed by atoms with Crippen molar-refractivity contribution in [1.29, 1.82) is 0 Å². The topological polar surface area (TPSA) is 52.9 Å². The smallest absolute Gasteiger partial charge is 0.126 e. The number of aliphatic hydroxyl groups is 2. The van der Waals surface area contributed by atoms with Gasteiger partial charge in [-0.25, -0.2) is 0 Å². The summed E-state index contributed by atoms with van der Waals surface area (Å²) in [6.07, 6.45) is 1.23. The van der Waals surface area contributed by atoms with Crippen LogP contribution >= 0.6 is 11.6 Å². The Morgan fingerprint density at radius 2 is 1.89 bits per heavy atom. The van der Waals surface area contributed by atoms with Gasteiger partial charge in [0.15, 0.2) is 0 Å². The van der Waals surface area contributed by atoms with Crippen LogP contribution in [0.3, 0.4) is 0 Å². The first kappa shape index (κ1) is 19.7. The van der Waals surface area contributed by atoms with E-state index in [-0.39, 0.29) is 5.60 Å². The highest BCUT2D eigenvalue weighted by Gasteiger charge is 2.43. The normalized spacial score (nSPS) is 22.5. The molecule has 2 aliphatic heterocycles. The Hall–Kier alpha value is -1.59. The molecule has 2 atom stereocenters. The van der Waals surface area contributed by atoms with Crippen molar-refractivity contribution in [2.45, 2.75) is 50.9 Å². The molecule has 2 aromatic rings. The van der Waals surface area contributed by atoms with Gasteiger partial charge in [-0.1, -0.05) is 29.8 Å². The number of aliphatic hydroxyl groups excluding tert-OH is 2. The zero-order valence-electron chi connectivity index (χ0n) is 16.5. The molecule has 0 radical (unpaired) electrons. The van der Waals surface area contributed by atoms with Crippen molar-refractivity contribution in [3.63, 3.8) is 0 Å². The average molecular weight is 402 g/mol. The van der Waals surface area contributed by atoms with Gasteiger partial charge >= 0.3 is 0 Å². The second kappa shape index (κ2) is 7.68. The first-order valence-electron chi connectivity index (χ1n) is 9.99. The second-order valence-electron chi connectivity index (χ2n) is 8.35. The fourth-order valence-electron chi connectivity index (χ4n) is 4.38. The minimum absolute atomic E-state index is 0.331. The van der Waals surface area contributed by atoms with Gasteiger partial charge in [0.1, 0.15) is 11.4 Å². The summed E-state index contributed by atoms with van der Waals surface area (Å²) < 4.78 is 6.34. The lowest BCUT2D eigenvalue weighted by Gasteiger charge is -2.46. The van der Waals surface area contributed by atoms with Crippen LogP contribution < -0.4 is 4.74 Å². The summed E-state index contributed by atoms with van der Waals surface area (Å²) >= 11 is 6.06. The van der Waals surface area contributed by atoms with E-state index in [9.17, 15) is 10.2 Å². The van der Waals surface area contributed by atoms with Gasteiger partial charge in [0.25, 0.3) is 0 Å². The van der Waals surface area contributed by atoms with Crippen molar-refractivity contribution < 1.29 is 14.9 Å². The number of benzene rings is 2. The Morgan fingerprint density at radius 1 is 1.14 bits per heavy atom. The number of β-amino-alcohol motifs (C(OH)–C–C–N with tert-alkyl or cyclic N) is 1. The van der Waals surface area contributed by atoms with Crippen molar-refractivity contribution in [3.05, 3.63) is 63.7 Å². The molecule has 4 rings (SSSR count). The number of hydrogen-bond donors (Lipinski definition) is 2. The summed E-state index contributed by atoms with van der Waals surface area (Å²) in [6, 6.07) is 11.6. The molecule has 28 heavy (non-hydrogen) atoms. The highest BCUT2D eigenvalue weighted by Crippen LogP contribution is 2.45. The van der Waals surface area contributed by atoms with Crippen LogP contribution in [0.25, 0.3) is 0 Å². The number of halogens is 1. The van der Waals surface area contributed by atoms with Gasteiger partial charge < -0.3 is 19.8 Å². The largest absolute Gasteiger partial charge is 0.487 e. The van der Waals surface area contributed by atoms with Crippen LogP contribution in [0.4, 0.5) is 0 Å². The van der Waals surface area contributed by atoms with Crippen molar-refractivity contribution in [2.75, 3.05) is 19.6 Å². The van der Waals surface area contributed by atoms with Gasteiger partial charge in [-0.15, -0.1) is 0 Å². The van der Waals surface area contributed by atoms with Gasteiger partial charge in [-0.3, -0.25) is 0 Å². The zero-order valence-corrected chi connectivity index (χ0v) is 17.2. The van der Waals surface area contributed by atoms with Crippen LogP contribution in [0, 0.1) is 13.8 Å². The van der Waals surface area contributed by atoms with E-state index in [0.717, 1.165) is 42.8 Å². The monoisotopic (exact) mass is 401 g/mol. The van der Waals surface area contributed by atoms with E-state index in [0.29, 0.717) is 18.0 Å². The third-order valence-corrected chi connectivity index (χ3v) is 6.57. The van der Waals surface area contributed by atoms with E-state index in [2.05, 4.69) is 30.9 Å². The maximum absolute atomic E-state index is 10.7. The van der Waals surface area contributed by atoms with Gasteiger partial charge in [-0.2, -0.15) is 0 Å². The molecule has 4 nitrogen and oxygen atoms in total. The molecule has 1 saturated heterocycles. The number of nitrogens with zero attached hydrogens (tertiary/aromatic N) is 1. The van der Waals surface area contributed by atoms with Crippen molar-refractivity contribution in [2.24, 2.45) is 0 Å². The Labute approximate surface area is 171 Å². The van der Waals surface area contributed by atoms with Crippen molar-refractivity contribution in [3.8, 4) is 5.75 Å². The molecule has 0 aliphatic carbocycles. The fourth-order valence-corrected chi connectivity index (χ4v) is 4.56. The van der Waals surface area contributed by atoms with Gasteiger partial charge in [0, 0.05) is 36.6 Å². The van der Waals surface area contributed by atoms with Crippen LogP contribution in [-0.4, -0.2) is 40.3 Å². The average Bonchev–Trinajstić information content (AvgIpc) is 2.67. The van der Waals surface area contributed by atoms with Crippen LogP contribution in [0.5, 0.6) is 5.75 Å². The van der Waals surface area contributed by atoms with E-state index in [1.165, 1.54) is 11.1 Å². The van der Waals surface area contributed by atoms with E-state index < -0.39 is 12.2 Å². The van der Waals surface area contributed by atoms with Crippen LogP contribution in [0.15, 0.2) is 36.4 Å². The molecule has 0 amide bonds. The molecular formula is C23H28ClNO3. The maximum atomic E-state index is 10.7. The highest BCUT2D eigenvalue weighted by atomic mass is 35.5. The van der Waals surface area contributed by atoms with E-state index in [1.54, 1.807) is 12.1 Å². The molecule has 2 heterocycles. The minimum atomic E-state index is -0.546. The SMILES string of the molecule is Cc1ccc([C@@H](O)CN2CCC3(CC2)C[C@@H](O)c2cc(Cl)ccc2O3)cc1C. The lowest BCUT2D eigenvalue weighted by molar-refractivity contribution is -0.0587. The molecule has 1 spiro atoms. The predicted molar refractivity (Wildman–Crippen MR) is 111 cm³/mol. The summed E-state index contributed by atoms with van der Waals surface area (Å²) in [4.78, 5) is 2.29. The second-order valence-corrected chi connectivity index (χ2v) is 8.78. The lowest BCUT2D eigenvalue weighted by Crippen LogP contribution is -2.51. The van der Waals surface area contributed by atoms with E-state index >= 15 is 0 Å². The molecule has 2 N–H and O–H groups in total. The summed E-state index contributed by atoms with van der Waals surface area (Å²) in [5, 5.41) is 21.9. The zero-order chi connectivity index (χ0) is 19.9. The summed E-state index contributed by atoms with van der Waals surface area (Å²) in [5.41, 5.74) is 3.87. The third-order valence-electron chi connectivity index (χ3n) is 6.34. The van der Waals surface area contributed by atoms with E-state index in [4.69, 9.17) is 16.3 Å². The van der Waals surface area contributed by atoms with Gasteiger partial charge in [0.05, 0.1) is 12.2 Å².